The summed E-state index contributed by atoms with van der Waals surface area (Å²) in [6.07, 6.45) is 0. The molecule has 0 saturated carbocycles. The van der Waals surface area contributed by atoms with Crippen LogP contribution in [0.5, 0.6) is 0 Å². The minimum absolute atomic E-state index is 0.0283. The fourth-order valence-electron chi connectivity index (χ4n) is 4.67. The van der Waals surface area contributed by atoms with Crippen molar-refractivity contribution in [1.82, 2.24) is 0 Å². The molecule has 1 atom stereocenters. The Labute approximate surface area is 253 Å². The van der Waals surface area contributed by atoms with E-state index in [-0.39, 0.29) is 22.5 Å². The highest BCUT2D eigenvalue weighted by Gasteiger charge is 2.28. The Morgan fingerprint density at radius 2 is 0.667 bits per heavy atom. The van der Waals surface area contributed by atoms with Crippen molar-refractivity contribution < 1.29 is 9.59 Å². The summed E-state index contributed by atoms with van der Waals surface area (Å²) in [5.41, 5.74) is 2.76. The third kappa shape index (κ3) is 6.31. The van der Waals surface area contributed by atoms with Crippen molar-refractivity contribution in [2.24, 2.45) is 0 Å². The Morgan fingerprint density at radius 3 is 1.12 bits per heavy atom. The van der Waals surface area contributed by atoms with Crippen LogP contribution in [0, 0.1) is 0 Å². The van der Waals surface area contributed by atoms with Gasteiger partial charge in [0.15, 0.2) is 26.3 Å². The molecule has 0 saturated heterocycles. The molecule has 6 aromatic carbocycles. The molecule has 0 bridgehead atoms. The number of ketones is 2. The molecule has 0 aromatic heterocycles. The minimum Gasteiger partial charge on any atom is -0.289 e. The molecule has 0 heterocycles. The number of carbonyl (C=O) groups excluding carboxylic acids is 2. The van der Waals surface area contributed by atoms with E-state index in [2.05, 4.69) is 60.7 Å². The third-order valence-electron chi connectivity index (χ3n) is 6.81. The van der Waals surface area contributed by atoms with E-state index in [9.17, 15) is 9.59 Å². The summed E-state index contributed by atoms with van der Waals surface area (Å²) in [5.74, 6) is 0.0579. The second kappa shape index (κ2) is 12.9. The van der Waals surface area contributed by atoms with Gasteiger partial charge < -0.3 is 0 Å². The van der Waals surface area contributed by atoms with Gasteiger partial charge in [0.2, 0.25) is 0 Å². The average molecular weight is 580 g/mol. The molecule has 4 heteroatoms. The second-order valence-electron chi connectivity index (χ2n) is 9.63. The summed E-state index contributed by atoms with van der Waals surface area (Å²) >= 11 is 1.67. The first kappa shape index (κ1) is 27.5. The molecule has 0 N–H and O–H groups in total. The van der Waals surface area contributed by atoms with Crippen LogP contribution in [0.4, 0.5) is 0 Å². The van der Waals surface area contributed by atoms with E-state index in [1.54, 1.807) is 11.8 Å². The number of benzene rings is 6. The van der Waals surface area contributed by atoms with Crippen LogP contribution in [-0.2, 0) is 10.9 Å². The normalized spacial score (nSPS) is 11.5. The fourth-order valence-corrected chi connectivity index (χ4v) is 7.55. The highest BCUT2D eigenvalue weighted by atomic mass is 32.2. The van der Waals surface area contributed by atoms with Gasteiger partial charge in [0.1, 0.15) is 0 Å². The first-order chi connectivity index (χ1) is 20.7. The molecule has 0 radical (unpaired) electrons. The van der Waals surface area contributed by atoms with Crippen LogP contribution in [0.2, 0.25) is 0 Å². The number of carbonyl (C=O) groups is 2. The maximum atomic E-state index is 13.0. The van der Waals surface area contributed by atoms with Gasteiger partial charge in [-0.2, -0.15) is 0 Å². The van der Waals surface area contributed by atoms with Crippen molar-refractivity contribution in [2.45, 2.75) is 24.5 Å². The van der Waals surface area contributed by atoms with Crippen molar-refractivity contribution in [2.75, 3.05) is 0 Å². The lowest BCUT2D eigenvalue weighted by Gasteiger charge is -2.10. The zero-order valence-electron chi connectivity index (χ0n) is 22.7. The van der Waals surface area contributed by atoms with Crippen molar-refractivity contribution in [3.8, 4) is 0 Å². The Morgan fingerprint density at radius 1 is 0.357 bits per heavy atom. The van der Waals surface area contributed by atoms with Crippen molar-refractivity contribution in [1.29, 1.82) is 0 Å². The van der Waals surface area contributed by atoms with E-state index >= 15 is 0 Å². The molecule has 1 unspecified atom stereocenters. The monoisotopic (exact) mass is 579 g/mol. The summed E-state index contributed by atoms with van der Waals surface area (Å²) in [4.78, 5) is 31.5. The number of rotatable bonds is 9. The molecule has 6 rings (SSSR count). The molecular weight excluding hydrogens is 553 g/mol. The third-order valence-corrected chi connectivity index (χ3v) is 10.1. The van der Waals surface area contributed by atoms with Crippen molar-refractivity contribution in [3.63, 3.8) is 0 Å². The molecule has 0 aliphatic rings. The smallest absolute Gasteiger partial charge is 0.193 e. The van der Waals surface area contributed by atoms with Gasteiger partial charge in [-0.25, -0.2) is 0 Å². The van der Waals surface area contributed by atoms with E-state index in [1.165, 1.54) is 9.79 Å². The van der Waals surface area contributed by atoms with Crippen molar-refractivity contribution >= 4 is 34.2 Å². The lowest BCUT2D eigenvalue weighted by atomic mass is 10.0. The van der Waals surface area contributed by atoms with Crippen molar-refractivity contribution in [3.05, 3.63) is 186 Å². The summed E-state index contributed by atoms with van der Waals surface area (Å²) in [7, 11) is -0.320. The first-order valence-electron chi connectivity index (χ1n) is 13.6. The highest BCUT2D eigenvalue weighted by Crippen LogP contribution is 2.34. The van der Waals surface area contributed by atoms with E-state index in [4.69, 9.17) is 0 Å². The lowest BCUT2D eigenvalue weighted by Crippen LogP contribution is -2.06. The Balaban J connectivity index is 1.21. The zero-order chi connectivity index (χ0) is 28.7. The summed E-state index contributed by atoms with van der Waals surface area (Å²) in [6.45, 7) is 0. The average Bonchev–Trinajstić information content (AvgIpc) is 3.07. The van der Waals surface area contributed by atoms with Gasteiger partial charge in [0.05, 0.1) is 10.9 Å². The van der Waals surface area contributed by atoms with E-state index in [1.807, 2.05) is 103 Å². The molecule has 202 valence electrons. The molecule has 42 heavy (non-hydrogen) atoms. The van der Waals surface area contributed by atoms with Crippen LogP contribution in [0.15, 0.2) is 188 Å². The first-order valence-corrected chi connectivity index (χ1v) is 15.7. The Hall–Kier alpha value is -4.64. The van der Waals surface area contributed by atoms with Gasteiger partial charge in [-0.15, -0.1) is 0 Å². The van der Waals surface area contributed by atoms with Crippen LogP contribution in [0.25, 0.3) is 0 Å². The molecule has 2 nitrogen and oxygen atoms in total. The molecular formula is C38H27O2S2+. The molecule has 0 amide bonds. The van der Waals surface area contributed by atoms with Crippen LogP contribution in [-0.4, -0.2) is 11.6 Å². The second-order valence-corrected chi connectivity index (χ2v) is 12.8. The maximum absolute atomic E-state index is 13.0. The standard InChI is InChI=1S/C38H27O2S2/c39-37(28-10-4-1-5-11-28)30-16-20-32(21-17-30)41-33-22-26-36(27-23-33)42(34-14-8-3-9-15-34)35-24-18-31(19-25-35)38(40)29-12-6-2-7-13-29/h1-27H/q+1. The largest absolute Gasteiger partial charge is 0.289 e. The molecule has 0 spiro atoms. The molecule has 0 aliphatic carbocycles. The van der Waals surface area contributed by atoms with Gasteiger partial charge in [-0.05, 0) is 84.9 Å². The van der Waals surface area contributed by atoms with Crippen LogP contribution >= 0.6 is 11.8 Å². The Kier molecular flexibility index (Phi) is 8.46. The molecule has 6 aromatic rings. The lowest BCUT2D eigenvalue weighted by molar-refractivity contribution is 0.103. The quantitative estimate of drug-likeness (QED) is 0.126. The van der Waals surface area contributed by atoms with Gasteiger partial charge in [-0.3, -0.25) is 9.59 Å². The van der Waals surface area contributed by atoms with Crippen LogP contribution in [0.1, 0.15) is 31.8 Å². The Bertz CT molecular complexity index is 1780. The zero-order valence-corrected chi connectivity index (χ0v) is 24.4. The topological polar surface area (TPSA) is 34.1 Å². The molecule has 0 fully saturated rings. The highest BCUT2D eigenvalue weighted by molar-refractivity contribution is 7.99. The predicted octanol–water partition coefficient (Wildman–Crippen LogP) is 9.40. The summed E-state index contributed by atoms with van der Waals surface area (Å²) in [5, 5.41) is 0. The van der Waals surface area contributed by atoms with Gasteiger partial charge in [0, 0.05) is 32.0 Å². The van der Waals surface area contributed by atoms with Gasteiger partial charge in [-0.1, -0.05) is 90.6 Å². The maximum Gasteiger partial charge on any atom is 0.193 e. The van der Waals surface area contributed by atoms with Gasteiger partial charge in [0.25, 0.3) is 0 Å². The minimum atomic E-state index is -0.320. The molecule has 0 aliphatic heterocycles. The van der Waals surface area contributed by atoms with E-state index < -0.39 is 0 Å². The summed E-state index contributed by atoms with van der Waals surface area (Å²) < 4.78 is 0. The SMILES string of the molecule is O=C(c1ccccc1)c1ccc(Sc2ccc([S+](c3ccccc3)c3ccc(C(=O)c4ccccc4)cc3)cc2)cc1. The predicted molar refractivity (Wildman–Crippen MR) is 172 cm³/mol. The van der Waals surface area contributed by atoms with Crippen LogP contribution < -0.4 is 0 Å². The number of hydrogen-bond donors (Lipinski definition) is 0. The number of hydrogen-bond acceptors (Lipinski definition) is 3. The van der Waals surface area contributed by atoms with Crippen LogP contribution in [0.3, 0.4) is 0 Å². The summed E-state index contributed by atoms with van der Waals surface area (Å²) in [6, 6.07) is 53.7. The fraction of sp³-hybridized carbons (Fsp3) is 0. The van der Waals surface area contributed by atoms with E-state index in [0.717, 1.165) is 14.7 Å². The van der Waals surface area contributed by atoms with E-state index in [0.29, 0.717) is 22.3 Å². The van der Waals surface area contributed by atoms with Gasteiger partial charge >= 0.3 is 0 Å².